The van der Waals surface area contributed by atoms with Crippen LogP contribution in [0.3, 0.4) is 0 Å². The van der Waals surface area contributed by atoms with E-state index < -0.39 is 6.09 Å². The topological polar surface area (TPSA) is 65.9 Å². The van der Waals surface area contributed by atoms with Crippen molar-refractivity contribution in [3.8, 4) is 0 Å². The van der Waals surface area contributed by atoms with Crippen molar-refractivity contribution in [2.24, 2.45) is 0 Å². The van der Waals surface area contributed by atoms with Crippen LogP contribution in [0.25, 0.3) is 0 Å². The molecule has 0 aliphatic carbocycles. The van der Waals surface area contributed by atoms with Crippen LogP contribution >= 0.6 is 0 Å². The highest BCUT2D eigenvalue weighted by atomic mass is 16.5. The largest absolute Gasteiger partial charge is 0.465 e. The maximum Gasteiger partial charge on any atom is 0.407 e. The van der Waals surface area contributed by atoms with Crippen LogP contribution in [0, 0.1) is 0 Å². The lowest BCUT2D eigenvalue weighted by atomic mass is 10.1. The molecule has 0 spiro atoms. The van der Waals surface area contributed by atoms with E-state index in [1.165, 1.54) is 10.5 Å². The predicted octanol–water partition coefficient (Wildman–Crippen LogP) is 1.47. The Morgan fingerprint density at radius 1 is 1.18 bits per heavy atom. The molecular formula is C16H23N3O3. The molecule has 3 heterocycles. The van der Waals surface area contributed by atoms with Gasteiger partial charge in [0.25, 0.3) is 0 Å². The Morgan fingerprint density at radius 2 is 1.86 bits per heavy atom. The van der Waals surface area contributed by atoms with Gasteiger partial charge < -0.3 is 14.7 Å². The summed E-state index contributed by atoms with van der Waals surface area (Å²) in [4.78, 5) is 19.0. The number of carboxylic acid groups (broad SMARTS) is 1. The molecule has 1 N–H and O–H groups in total. The second kappa shape index (κ2) is 7.07. The zero-order valence-electron chi connectivity index (χ0n) is 12.7. The number of pyridine rings is 1. The third kappa shape index (κ3) is 3.96. The first kappa shape index (κ1) is 15.2. The van der Waals surface area contributed by atoms with Crippen molar-refractivity contribution in [2.45, 2.75) is 31.5 Å². The Balaban J connectivity index is 1.39. The van der Waals surface area contributed by atoms with Crippen LogP contribution in [0.1, 0.15) is 18.4 Å². The molecule has 0 radical (unpaired) electrons. The van der Waals surface area contributed by atoms with Crippen LogP contribution in [0.5, 0.6) is 0 Å². The Kier molecular flexibility index (Phi) is 4.90. The summed E-state index contributed by atoms with van der Waals surface area (Å²) in [5.41, 5.74) is 1.34. The molecule has 1 aromatic heterocycles. The van der Waals surface area contributed by atoms with E-state index in [4.69, 9.17) is 9.84 Å². The molecule has 3 rings (SSSR count). The monoisotopic (exact) mass is 305 g/mol. The third-order valence-corrected chi connectivity index (χ3v) is 4.37. The van der Waals surface area contributed by atoms with Gasteiger partial charge in [-0.2, -0.15) is 0 Å². The molecule has 2 aliphatic heterocycles. The highest BCUT2D eigenvalue weighted by molar-refractivity contribution is 5.65. The number of ether oxygens (including phenoxy) is 1. The highest BCUT2D eigenvalue weighted by Crippen LogP contribution is 2.19. The van der Waals surface area contributed by atoms with Gasteiger partial charge in [0.1, 0.15) is 0 Å². The van der Waals surface area contributed by atoms with Gasteiger partial charge in [0.2, 0.25) is 0 Å². The minimum absolute atomic E-state index is 0.0313. The van der Waals surface area contributed by atoms with E-state index in [0.717, 1.165) is 38.9 Å². The molecule has 2 bridgehead atoms. The Morgan fingerprint density at radius 3 is 2.50 bits per heavy atom. The number of unbranched alkanes of at least 4 members (excludes halogenated alkanes) is 1. The number of fused-ring (bicyclic) bond motifs is 2. The Bertz CT molecular complexity index is 483. The molecule has 2 aliphatic rings. The zero-order chi connectivity index (χ0) is 15.4. The molecule has 6 nitrogen and oxygen atoms in total. The third-order valence-electron chi connectivity index (χ3n) is 4.37. The van der Waals surface area contributed by atoms with E-state index in [-0.39, 0.29) is 12.2 Å². The van der Waals surface area contributed by atoms with Crippen LogP contribution in [0.15, 0.2) is 24.5 Å². The highest BCUT2D eigenvalue weighted by Gasteiger charge is 2.36. The van der Waals surface area contributed by atoms with Gasteiger partial charge in [0.15, 0.2) is 0 Å². The summed E-state index contributed by atoms with van der Waals surface area (Å²) < 4.78 is 5.85. The van der Waals surface area contributed by atoms with Crippen molar-refractivity contribution in [1.82, 2.24) is 14.8 Å². The van der Waals surface area contributed by atoms with E-state index in [1.54, 1.807) is 0 Å². The maximum absolute atomic E-state index is 11.1. The smallest absolute Gasteiger partial charge is 0.407 e. The van der Waals surface area contributed by atoms with Gasteiger partial charge >= 0.3 is 6.09 Å². The van der Waals surface area contributed by atoms with Gasteiger partial charge in [0, 0.05) is 25.5 Å². The van der Waals surface area contributed by atoms with E-state index in [2.05, 4.69) is 22.0 Å². The van der Waals surface area contributed by atoms with Crippen LogP contribution < -0.4 is 0 Å². The van der Waals surface area contributed by atoms with Gasteiger partial charge in [-0.05, 0) is 43.5 Å². The number of aryl methyl sites for hydroxylation is 1. The quantitative estimate of drug-likeness (QED) is 0.835. The fraction of sp³-hybridized carbons (Fsp3) is 0.625. The van der Waals surface area contributed by atoms with Gasteiger partial charge in [-0.25, -0.2) is 4.79 Å². The van der Waals surface area contributed by atoms with Gasteiger partial charge in [-0.15, -0.1) is 0 Å². The summed E-state index contributed by atoms with van der Waals surface area (Å²) in [6, 6.07) is 4.14. The lowest BCUT2D eigenvalue weighted by Gasteiger charge is -2.45. The SMILES string of the molecule is O=C(O)N1CC2CN(CCCCc3ccncc3)CC(C1)O2. The summed E-state index contributed by atoms with van der Waals surface area (Å²) in [7, 11) is 0. The van der Waals surface area contributed by atoms with Crippen molar-refractivity contribution >= 4 is 6.09 Å². The van der Waals surface area contributed by atoms with Crippen LogP contribution in [-0.4, -0.2) is 70.9 Å². The second-order valence-electron chi connectivity index (χ2n) is 6.14. The molecule has 0 saturated carbocycles. The zero-order valence-corrected chi connectivity index (χ0v) is 12.7. The predicted molar refractivity (Wildman–Crippen MR) is 81.9 cm³/mol. The van der Waals surface area contributed by atoms with Crippen molar-refractivity contribution in [1.29, 1.82) is 0 Å². The fourth-order valence-electron chi connectivity index (χ4n) is 3.33. The van der Waals surface area contributed by atoms with E-state index in [9.17, 15) is 4.79 Å². The van der Waals surface area contributed by atoms with E-state index >= 15 is 0 Å². The Hall–Kier alpha value is -1.66. The average Bonchev–Trinajstić information content (AvgIpc) is 2.51. The maximum atomic E-state index is 11.1. The molecule has 22 heavy (non-hydrogen) atoms. The van der Waals surface area contributed by atoms with Crippen molar-refractivity contribution in [2.75, 3.05) is 32.7 Å². The molecule has 1 aromatic rings. The van der Waals surface area contributed by atoms with Crippen molar-refractivity contribution in [3.05, 3.63) is 30.1 Å². The summed E-state index contributed by atoms with van der Waals surface area (Å²) in [6.07, 6.45) is 6.32. The molecule has 1 amide bonds. The number of hydrogen-bond donors (Lipinski definition) is 1. The van der Waals surface area contributed by atoms with Gasteiger partial charge in [-0.3, -0.25) is 9.88 Å². The number of carbonyl (C=O) groups is 1. The molecule has 2 saturated heterocycles. The average molecular weight is 305 g/mol. The van der Waals surface area contributed by atoms with Crippen molar-refractivity contribution < 1.29 is 14.6 Å². The fourth-order valence-corrected chi connectivity index (χ4v) is 3.33. The van der Waals surface area contributed by atoms with Crippen molar-refractivity contribution in [3.63, 3.8) is 0 Å². The molecule has 120 valence electrons. The summed E-state index contributed by atoms with van der Waals surface area (Å²) in [5.74, 6) is 0. The summed E-state index contributed by atoms with van der Waals surface area (Å²) in [6.45, 7) is 3.75. The number of nitrogens with zero attached hydrogens (tertiary/aromatic N) is 3. The number of amides is 1. The van der Waals surface area contributed by atoms with Gasteiger partial charge in [0.05, 0.1) is 25.3 Å². The number of rotatable bonds is 5. The van der Waals surface area contributed by atoms with Gasteiger partial charge in [-0.1, -0.05) is 0 Å². The van der Waals surface area contributed by atoms with Crippen LogP contribution in [0.4, 0.5) is 4.79 Å². The van der Waals surface area contributed by atoms with E-state index in [0.29, 0.717) is 13.1 Å². The molecule has 2 unspecified atom stereocenters. The molecule has 2 fully saturated rings. The summed E-state index contributed by atoms with van der Waals surface area (Å²) >= 11 is 0. The van der Waals surface area contributed by atoms with Crippen LogP contribution in [-0.2, 0) is 11.2 Å². The first-order valence-corrected chi connectivity index (χ1v) is 7.95. The lowest BCUT2D eigenvalue weighted by molar-refractivity contribution is -0.131. The van der Waals surface area contributed by atoms with E-state index in [1.807, 2.05) is 12.4 Å². The number of aromatic nitrogens is 1. The molecule has 0 aromatic carbocycles. The number of hydrogen-bond acceptors (Lipinski definition) is 4. The number of morpholine rings is 2. The second-order valence-corrected chi connectivity index (χ2v) is 6.14. The van der Waals surface area contributed by atoms with Crippen LogP contribution in [0.2, 0.25) is 0 Å². The molecule has 6 heteroatoms. The normalized spacial score (nSPS) is 25.2. The minimum Gasteiger partial charge on any atom is -0.465 e. The summed E-state index contributed by atoms with van der Waals surface area (Å²) in [5, 5.41) is 9.09. The first-order valence-electron chi connectivity index (χ1n) is 7.95. The minimum atomic E-state index is -0.830. The standard InChI is InChI=1S/C16H23N3O3/c20-16(21)19-11-14-9-18(10-15(12-19)22-14)8-2-1-3-13-4-6-17-7-5-13/h4-7,14-15H,1-3,8-12H2,(H,20,21). The molecular weight excluding hydrogens is 282 g/mol. The molecule has 2 atom stereocenters. The first-order chi connectivity index (χ1) is 10.7. The Labute approximate surface area is 130 Å². The lowest BCUT2D eigenvalue weighted by Crippen LogP contribution is -2.60.